The fraction of sp³-hybridized carbons (Fsp3) is 0.400. The van der Waals surface area contributed by atoms with Crippen molar-refractivity contribution in [2.75, 3.05) is 13.7 Å². The molecule has 0 heterocycles. The molecule has 0 aromatic heterocycles. The number of ether oxygens (including phenoxy) is 1. The van der Waals surface area contributed by atoms with E-state index in [-0.39, 0.29) is 6.04 Å². The molecule has 4 N–H and O–H groups in total. The molecule has 1 aromatic carbocycles. The minimum Gasteiger partial charge on any atom is -0.495 e. The Morgan fingerprint density at radius 3 is 2.60 bits per heavy atom. The maximum atomic E-state index is 5.98. The van der Waals surface area contributed by atoms with Crippen molar-refractivity contribution in [3.63, 3.8) is 0 Å². The van der Waals surface area contributed by atoms with Crippen LogP contribution in [-0.2, 0) is 0 Å². The molecule has 1 atom stereocenters. The summed E-state index contributed by atoms with van der Waals surface area (Å²) < 4.78 is 5.19. The molecule has 15 heavy (non-hydrogen) atoms. The summed E-state index contributed by atoms with van der Waals surface area (Å²) in [6.07, 6.45) is 0.660. The Kier molecular flexibility index (Phi) is 4.67. The van der Waals surface area contributed by atoms with Gasteiger partial charge in [0.1, 0.15) is 5.75 Å². The lowest BCUT2D eigenvalue weighted by atomic mass is 10.0. The highest BCUT2D eigenvalue weighted by Gasteiger charge is 2.15. The van der Waals surface area contributed by atoms with E-state index >= 15 is 0 Å². The van der Waals surface area contributed by atoms with Crippen molar-refractivity contribution in [3.05, 3.63) is 27.7 Å². The largest absolute Gasteiger partial charge is 0.495 e. The van der Waals surface area contributed by atoms with E-state index in [9.17, 15) is 0 Å². The SMILES string of the molecule is COc1c(Cl)cc(Cl)cc1C(N)CCN. The molecule has 1 unspecified atom stereocenters. The Bertz CT molecular complexity index is 344. The molecule has 0 spiro atoms. The Balaban J connectivity index is 3.13. The van der Waals surface area contributed by atoms with E-state index in [2.05, 4.69) is 0 Å². The number of halogens is 2. The maximum Gasteiger partial charge on any atom is 0.142 e. The normalized spacial score (nSPS) is 12.6. The lowest BCUT2D eigenvalue weighted by molar-refractivity contribution is 0.405. The zero-order valence-corrected chi connectivity index (χ0v) is 9.98. The first kappa shape index (κ1) is 12.6. The smallest absolute Gasteiger partial charge is 0.142 e. The first-order chi connectivity index (χ1) is 7.10. The molecule has 0 radical (unpaired) electrons. The molecule has 0 amide bonds. The average molecular weight is 249 g/mol. The Labute approximate surface area is 99.3 Å². The summed E-state index contributed by atoms with van der Waals surface area (Å²) in [5, 5.41) is 1.01. The summed E-state index contributed by atoms with van der Waals surface area (Å²) in [7, 11) is 1.55. The number of hydrogen-bond acceptors (Lipinski definition) is 3. The van der Waals surface area contributed by atoms with Crippen LogP contribution in [0.3, 0.4) is 0 Å². The van der Waals surface area contributed by atoms with Gasteiger partial charge in [-0.05, 0) is 25.1 Å². The second-order valence-corrected chi connectivity index (χ2v) is 4.04. The molecule has 1 aromatic rings. The molecular formula is C10H14Cl2N2O. The molecule has 0 aliphatic carbocycles. The summed E-state index contributed by atoms with van der Waals surface area (Å²) in [4.78, 5) is 0. The molecule has 0 aliphatic heterocycles. The molecule has 0 fully saturated rings. The molecule has 1 rings (SSSR count). The van der Waals surface area contributed by atoms with Crippen molar-refractivity contribution in [3.8, 4) is 5.75 Å². The predicted octanol–water partition coefficient (Wildman–Crippen LogP) is 2.35. The summed E-state index contributed by atoms with van der Waals surface area (Å²) in [6, 6.07) is 3.17. The van der Waals surface area contributed by atoms with Gasteiger partial charge in [0.2, 0.25) is 0 Å². The number of hydrogen-bond donors (Lipinski definition) is 2. The van der Waals surface area contributed by atoms with Gasteiger partial charge in [0.25, 0.3) is 0 Å². The Morgan fingerprint density at radius 1 is 1.40 bits per heavy atom. The third kappa shape index (κ3) is 2.98. The molecule has 0 aliphatic rings. The zero-order valence-electron chi connectivity index (χ0n) is 8.47. The molecule has 3 nitrogen and oxygen atoms in total. The van der Waals surface area contributed by atoms with E-state index in [1.54, 1.807) is 19.2 Å². The predicted molar refractivity (Wildman–Crippen MR) is 63.6 cm³/mol. The van der Waals surface area contributed by atoms with Gasteiger partial charge in [0.15, 0.2) is 0 Å². The van der Waals surface area contributed by atoms with Crippen molar-refractivity contribution in [1.82, 2.24) is 0 Å². The molecular weight excluding hydrogens is 235 g/mol. The fourth-order valence-corrected chi connectivity index (χ4v) is 1.99. The van der Waals surface area contributed by atoms with Crippen LogP contribution in [0.15, 0.2) is 12.1 Å². The minimum atomic E-state index is -0.207. The summed E-state index contributed by atoms with van der Waals surface area (Å²) in [5.41, 5.74) is 12.2. The van der Waals surface area contributed by atoms with E-state index < -0.39 is 0 Å². The first-order valence-corrected chi connectivity index (χ1v) is 5.34. The van der Waals surface area contributed by atoms with Gasteiger partial charge >= 0.3 is 0 Å². The number of methoxy groups -OCH3 is 1. The van der Waals surface area contributed by atoms with E-state index in [1.165, 1.54) is 0 Å². The van der Waals surface area contributed by atoms with Gasteiger partial charge in [0, 0.05) is 16.6 Å². The molecule has 5 heteroatoms. The lowest BCUT2D eigenvalue weighted by Gasteiger charge is -2.16. The van der Waals surface area contributed by atoms with Crippen LogP contribution in [0.1, 0.15) is 18.0 Å². The van der Waals surface area contributed by atoms with Gasteiger partial charge in [-0.2, -0.15) is 0 Å². The average Bonchev–Trinajstić information content (AvgIpc) is 2.17. The van der Waals surface area contributed by atoms with Crippen molar-refractivity contribution < 1.29 is 4.74 Å². The highest BCUT2D eigenvalue weighted by Crippen LogP contribution is 2.35. The molecule has 84 valence electrons. The van der Waals surface area contributed by atoms with E-state index in [4.69, 9.17) is 39.4 Å². The van der Waals surface area contributed by atoms with Crippen molar-refractivity contribution in [2.45, 2.75) is 12.5 Å². The number of rotatable bonds is 4. The molecule has 0 saturated heterocycles. The van der Waals surface area contributed by atoms with Gasteiger partial charge in [-0.1, -0.05) is 23.2 Å². The topological polar surface area (TPSA) is 61.3 Å². The van der Waals surface area contributed by atoms with Crippen LogP contribution in [0.4, 0.5) is 0 Å². The lowest BCUT2D eigenvalue weighted by Crippen LogP contribution is -2.16. The van der Waals surface area contributed by atoms with Gasteiger partial charge in [-0.3, -0.25) is 0 Å². The number of nitrogens with two attached hydrogens (primary N) is 2. The Morgan fingerprint density at radius 2 is 2.07 bits per heavy atom. The highest BCUT2D eigenvalue weighted by molar-refractivity contribution is 6.35. The minimum absolute atomic E-state index is 0.207. The summed E-state index contributed by atoms with van der Waals surface area (Å²) in [5.74, 6) is 0.571. The van der Waals surface area contributed by atoms with Crippen LogP contribution in [0, 0.1) is 0 Å². The second-order valence-electron chi connectivity index (χ2n) is 3.19. The highest BCUT2D eigenvalue weighted by atomic mass is 35.5. The van der Waals surface area contributed by atoms with Crippen LogP contribution in [-0.4, -0.2) is 13.7 Å². The monoisotopic (exact) mass is 248 g/mol. The van der Waals surface area contributed by atoms with Crippen LogP contribution in [0.5, 0.6) is 5.75 Å². The van der Waals surface area contributed by atoms with Crippen LogP contribution >= 0.6 is 23.2 Å². The third-order valence-electron chi connectivity index (χ3n) is 2.12. The van der Waals surface area contributed by atoms with Crippen LogP contribution < -0.4 is 16.2 Å². The van der Waals surface area contributed by atoms with Gasteiger partial charge in [0.05, 0.1) is 12.1 Å². The third-order valence-corrected chi connectivity index (χ3v) is 2.62. The first-order valence-electron chi connectivity index (χ1n) is 4.58. The standard InChI is InChI=1S/C10H14Cl2N2O/c1-15-10-7(9(14)2-3-13)4-6(11)5-8(10)12/h4-5,9H,2-3,13-14H2,1H3. The number of benzene rings is 1. The van der Waals surface area contributed by atoms with Crippen LogP contribution in [0.2, 0.25) is 10.0 Å². The van der Waals surface area contributed by atoms with Crippen LogP contribution in [0.25, 0.3) is 0 Å². The zero-order chi connectivity index (χ0) is 11.4. The van der Waals surface area contributed by atoms with Crippen molar-refractivity contribution >= 4 is 23.2 Å². The van der Waals surface area contributed by atoms with Crippen molar-refractivity contribution in [1.29, 1.82) is 0 Å². The molecule has 0 saturated carbocycles. The van der Waals surface area contributed by atoms with E-state index in [1.807, 2.05) is 0 Å². The molecule has 0 bridgehead atoms. The van der Waals surface area contributed by atoms with Gasteiger partial charge in [-0.25, -0.2) is 0 Å². The maximum absolute atomic E-state index is 5.98. The second kappa shape index (κ2) is 5.56. The summed E-state index contributed by atoms with van der Waals surface area (Å²) >= 11 is 11.9. The quantitative estimate of drug-likeness (QED) is 0.860. The van der Waals surface area contributed by atoms with E-state index in [0.717, 1.165) is 5.56 Å². The van der Waals surface area contributed by atoms with Gasteiger partial charge in [-0.15, -0.1) is 0 Å². The Hall–Kier alpha value is -0.480. The van der Waals surface area contributed by atoms with E-state index in [0.29, 0.717) is 28.8 Å². The summed E-state index contributed by atoms with van der Waals surface area (Å²) in [6.45, 7) is 0.508. The fourth-order valence-electron chi connectivity index (χ4n) is 1.41. The van der Waals surface area contributed by atoms with Crippen molar-refractivity contribution in [2.24, 2.45) is 11.5 Å². The van der Waals surface area contributed by atoms with Gasteiger partial charge < -0.3 is 16.2 Å².